The van der Waals surface area contributed by atoms with Gasteiger partial charge in [-0.05, 0) is 29.8 Å². The van der Waals surface area contributed by atoms with Gasteiger partial charge >= 0.3 is 6.03 Å². The summed E-state index contributed by atoms with van der Waals surface area (Å²) in [6, 6.07) is 8.61. The molecule has 0 radical (unpaired) electrons. The molecule has 3 rings (SSSR count). The molecule has 0 saturated heterocycles. The third-order valence-corrected chi connectivity index (χ3v) is 4.28. The minimum Gasteiger partial charge on any atom is -0.504 e. The number of fused-ring (bicyclic) bond motifs is 1. The molecule has 0 aliphatic carbocycles. The van der Waals surface area contributed by atoms with Gasteiger partial charge < -0.3 is 15.3 Å². The van der Waals surface area contributed by atoms with E-state index in [-0.39, 0.29) is 41.2 Å². The number of aromatic hydroxyl groups is 1. The fourth-order valence-corrected chi connectivity index (χ4v) is 2.78. The summed E-state index contributed by atoms with van der Waals surface area (Å²) in [6.45, 7) is 0.113. The maximum absolute atomic E-state index is 13.0. The Balaban J connectivity index is 1.98. The lowest BCUT2D eigenvalue weighted by Gasteiger charge is -2.23. The van der Waals surface area contributed by atoms with Crippen LogP contribution in [0, 0.1) is 5.82 Å². The monoisotopic (exact) mass is 397 g/mol. The summed E-state index contributed by atoms with van der Waals surface area (Å²) in [4.78, 5) is 36.1. The number of carbonyl (C=O) groups excluding carboxylic acids is 2. The number of nitrogens with zero attached hydrogens (tertiary/aromatic N) is 4. The number of nitrogens with one attached hydrogen (secondary N) is 1. The molecular formula is C20H20FN5O3. The molecule has 2 heterocycles. The SMILES string of the molecule is CN(C)C(=O)N(C)c1nc(C(=O)NCc2ccc(F)cc2)c(O)c2ncccc12. The lowest BCUT2D eigenvalue weighted by molar-refractivity contribution is 0.0943. The van der Waals surface area contributed by atoms with Crippen LogP contribution in [0.5, 0.6) is 5.75 Å². The van der Waals surface area contributed by atoms with Crippen molar-refractivity contribution < 1.29 is 19.1 Å². The topological polar surface area (TPSA) is 98.7 Å². The second-order valence-electron chi connectivity index (χ2n) is 6.58. The lowest BCUT2D eigenvalue weighted by Crippen LogP contribution is -2.37. The second-order valence-corrected chi connectivity index (χ2v) is 6.58. The van der Waals surface area contributed by atoms with Crippen molar-refractivity contribution in [2.24, 2.45) is 0 Å². The lowest BCUT2D eigenvalue weighted by atomic mass is 10.1. The Bertz CT molecular complexity index is 1070. The van der Waals surface area contributed by atoms with Gasteiger partial charge in [0, 0.05) is 39.3 Å². The first kappa shape index (κ1) is 20.0. The summed E-state index contributed by atoms with van der Waals surface area (Å²) in [6.07, 6.45) is 1.47. The van der Waals surface area contributed by atoms with E-state index in [9.17, 15) is 19.1 Å². The van der Waals surface area contributed by atoms with Crippen molar-refractivity contribution in [3.8, 4) is 5.75 Å². The van der Waals surface area contributed by atoms with E-state index >= 15 is 0 Å². The van der Waals surface area contributed by atoms with Gasteiger partial charge in [0.05, 0.1) is 0 Å². The predicted molar refractivity (Wildman–Crippen MR) is 106 cm³/mol. The smallest absolute Gasteiger partial charge is 0.324 e. The summed E-state index contributed by atoms with van der Waals surface area (Å²) in [5.74, 6) is -1.22. The van der Waals surface area contributed by atoms with Crippen molar-refractivity contribution in [2.75, 3.05) is 26.0 Å². The highest BCUT2D eigenvalue weighted by atomic mass is 19.1. The van der Waals surface area contributed by atoms with E-state index in [1.165, 1.54) is 35.2 Å². The van der Waals surface area contributed by atoms with Crippen LogP contribution in [0.15, 0.2) is 42.6 Å². The standard InChI is InChI=1S/C20H20FN5O3/c1-25(2)20(29)26(3)18-14-5-4-10-22-15(14)17(27)16(24-18)19(28)23-11-12-6-8-13(21)9-7-12/h4-10,27H,11H2,1-3H3,(H,23,28). The van der Waals surface area contributed by atoms with Gasteiger partial charge in [0.25, 0.3) is 5.91 Å². The highest BCUT2D eigenvalue weighted by Crippen LogP contribution is 2.32. The number of aromatic nitrogens is 2. The fourth-order valence-electron chi connectivity index (χ4n) is 2.78. The maximum atomic E-state index is 13.0. The number of carbonyl (C=O) groups is 2. The molecule has 150 valence electrons. The van der Waals surface area contributed by atoms with Crippen molar-refractivity contribution in [1.82, 2.24) is 20.2 Å². The minimum absolute atomic E-state index is 0.113. The average molecular weight is 397 g/mol. The number of hydrogen-bond donors (Lipinski definition) is 2. The van der Waals surface area contributed by atoms with Gasteiger partial charge in [0.1, 0.15) is 17.2 Å². The summed E-state index contributed by atoms with van der Waals surface area (Å²) >= 11 is 0. The van der Waals surface area contributed by atoms with E-state index < -0.39 is 5.91 Å². The highest BCUT2D eigenvalue weighted by molar-refractivity contribution is 6.06. The van der Waals surface area contributed by atoms with Gasteiger partial charge in [-0.1, -0.05) is 12.1 Å². The number of halogens is 1. The molecule has 29 heavy (non-hydrogen) atoms. The number of pyridine rings is 2. The Morgan fingerprint density at radius 3 is 2.48 bits per heavy atom. The molecular weight excluding hydrogens is 377 g/mol. The number of anilines is 1. The number of urea groups is 1. The van der Waals surface area contributed by atoms with E-state index in [0.29, 0.717) is 10.9 Å². The number of amides is 3. The third-order valence-electron chi connectivity index (χ3n) is 4.28. The molecule has 3 aromatic rings. The summed E-state index contributed by atoms with van der Waals surface area (Å²) in [5, 5.41) is 13.6. The molecule has 0 unspecified atom stereocenters. The van der Waals surface area contributed by atoms with Crippen molar-refractivity contribution in [1.29, 1.82) is 0 Å². The van der Waals surface area contributed by atoms with Gasteiger partial charge in [-0.25, -0.2) is 14.2 Å². The van der Waals surface area contributed by atoms with Gasteiger partial charge in [-0.2, -0.15) is 0 Å². The first-order valence-corrected chi connectivity index (χ1v) is 8.75. The Hall–Kier alpha value is -3.75. The summed E-state index contributed by atoms with van der Waals surface area (Å²) in [5.41, 5.74) is 0.577. The zero-order chi connectivity index (χ0) is 21.1. The zero-order valence-corrected chi connectivity index (χ0v) is 16.2. The minimum atomic E-state index is -0.647. The Morgan fingerprint density at radius 2 is 1.83 bits per heavy atom. The van der Waals surface area contributed by atoms with Crippen molar-refractivity contribution in [2.45, 2.75) is 6.54 Å². The van der Waals surface area contributed by atoms with Crippen molar-refractivity contribution in [3.05, 3.63) is 59.7 Å². The normalized spacial score (nSPS) is 10.6. The molecule has 0 bridgehead atoms. The van der Waals surface area contributed by atoms with Crippen molar-refractivity contribution >= 4 is 28.7 Å². The van der Waals surface area contributed by atoms with E-state index in [4.69, 9.17) is 0 Å². The molecule has 9 heteroatoms. The number of benzene rings is 1. The molecule has 0 saturated carbocycles. The van der Waals surface area contributed by atoms with Gasteiger partial charge in [0.2, 0.25) is 0 Å². The third kappa shape index (κ3) is 4.08. The van der Waals surface area contributed by atoms with Crippen LogP contribution in [0.25, 0.3) is 10.9 Å². The molecule has 0 fully saturated rings. The van der Waals surface area contributed by atoms with Crippen molar-refractivity contribution in [3.63, 3.8) is 0 Å². The molecule has 0 aliphatic rings. The highest BCUT2D eigenvalue weighted by Gasteiger charge is 2.24. The van der Waals surface area contributed by atoms with Gasteiger partial charge in [0.15, 0.2) is 11.4 Å². The van der Waals surface area contributed by atoms with Crippen LogP contribution in [-0.2, 0) is 6.54 Å². The quantitative estimate of drug-likeness (QED) is 0.705. The number of hydrogen-bond acceptors (Lipinski definition) is 5. The van der Waals surface area contributed by atoms with Crippen LogP contribution in [0.1, 0.15) is 16.1 Å². The van der Waals surface area contributed by atoms with Gasteiger partial charge in [-0.3, -0.25) is 14.7 Å². The largest absolute Gasteiger partial charge is 0.504 e. The van der Waals surface area contributed by atoms with E-state index in [0.717, 1.165) is 0 Å². The Labute approximate surface area is 166 Å². The van der Waals surface area contributed by atoms with Gasteiger partial charge in [-0.15, -0.1) is 0 Å². The number of rotatable bonds is 4. The molecule has 0 spiro atoms. The first-order chi connectivity index (χ1) is 13.8. The van der Waals surface area contributed by atoms with Crippen LogP contribution in [0.3, 0.4) is 0 Å². The van der Waals surface area contributed by atoms with E-state index in [1.54, 1.807) is 38.4 Å². The molecule has 0 aliphatic heterocycles. The first-order valence-electron chi connectivity index (χ1n) is 8.75. The Morgan fingerprint density at radius 1 is 1.14 bits per heavy atom. The molecule has 2 aromatic heterocycles. The maximum Gasteiger partial charge on any atom is 0.324 e. The molecule has 0 atom stereocenters. The fraction of sp³-hybridized carbons (Fsp3) is 0.200. The van der Waals surface area contributed by atoms with Crippen LogP contribution in [-0.4, -0.2) is 53.1 Å². The molecule has 3 amide bonds. The van der Waals surface area contributed by atoms with Crippen LogP contribution in [0.2, 0.25) is 0 Å². The Kier molecular flexibility index (Phi) is 5.58. The second kappa shape index (κ2) is 8.09. The molecule has 1 aromatic carbocycles. The van der Waals surface area contributed by atoms with E-state index in [2.05, 4.69) is 15.3 Å². The van der Waals surface area contributed by atoms with Crippen LogP contribution in [0.4, 0.5) is 15.0 Å². The van der Waals surface area contributed by atoms with Crippen LogP contribution < -0.4 is 10.2 Å². The molecule has 8 nitrogen and oxygen atoms in total. The van der Waals surface area contributed by atoms with E-state index in [1.807, 2.05) is 0 Å². The summed E-state index contributed by atoms with van der Waals surface area (Å²) in [7, 11) is 4.71. The summed E-state index contributed by atoms with van der Waals surface area (Å²) < 4.78 is 13.0. The molecule has 2 N–H and O–H groups in total. The zero-order valence-electron chi connectivity index (χ0n) is 16.2. The average Bonchev–Trinajstić information content (AvgIpc) is 2.72. The van der Waals surface area contributed by atoms with Crippen LogP contribution >= 0.6 is 0 Å². The predicted octanol–water partition coefficient (Wildman–Crippen LogP) is 2.52.